The van der Waals surface area contributed by atoms with E-state index in [0.29, 0.717) is 17.0 Å². The summed E-state index contributed by atoms with van der Waals surface area (Å²) in [7, 11) is 1.86. The van der Waals surface area contributed by atoms with Crippen molar-refractivity contribution in [3.05, 3.63) is 50.5 Å². The van der Waals surface area contributed by atoms with Crippen molar-refractivity contribution in [2.24, 2.45) is 7.05 Å². The molecular formula is C15H18BrClFN3. The SMILES string of the molecule is CCNC(Cc1c(Cl)c(C)nn1C)c1cc(Br)ccc1F. The van der Waals surface area contributed by atoms with Gasteiger partial charge in [0.05, 0.1) is 16.4 Å². The zero-order valence-electron chi connectivity index (χ0n) is 12.3. The van der Waals surface area contributed by atoms with Crippen molar-refractivity contribution in [1.82, 2.24) is 15.1 Å². The lowest BCUT2D eigenvalue weighted by Crippen LogP contribution is -2.25. The minimum Gasteiger partial charge on any atom is -0.310 e. The summed E-state index contributed by atoms with van der Waals surface area (Å²) in [5.41, 5.74) is 2.32. The number of hydrogen-bond acceptors (Lipinski definition) is 2. The van der Waals surface area contributed by atoms with Gasteiger partial charge in [0.15, 0.2) is 0 Å². The van der Waals surface area contributed by atoms with Crippen LogP contribution in [0, 0.1) is 12.7 Å². The third-order valence-electron chi connectivity index (χ3n) is 3.44. The molecule has 1 aromatic carbocycles. The molecule has 0 aliphatic carbocycles. The van der Waals surface area contributed by atoms with Gasteiger partial charge in [0, 0.05) is 29.5 Å². The lowest BCUT2D eigenvalue weighted by atomic mass is 10.0. The van der Waals surface area contributed by atoms with Gasteiger partial charge in [0.25, 0.3) is 0 Å². The van der Waals surface area contributed by atoms with Gasteiger partial charge in [0.2, 0.25) is 0 Å². The van der Waals surface area contributed by atoms with E-state index in [1.165, 1.54) is 6.07 Å². The van der Waals surface area contributed by atoms with Crippen molar-refractivity contribution >= 4 is 27.5 Å². The number of hydrogen-bond donors (Lipinski definition) is 1. The first-order valence-corrected chi connectivity index (χ1v) is 7.97. The molecule has 0 bridgehead atoms. The molecule has 0 amide bonds. The zero-order chi connectivity index (χ0) is 15.6. The molecule has 1 aromatic heterocycles. The fraction of sp³-hybridized carbons (Fsp3) is 0.400. The zero-order valence-corrected chi connectivity index (χ0v) is 14.6. The monoisotopic (exact) mass is 373 g/mol. The van der Waals surface area contributed by atoms with E-state index in [2.05, 4.69) is 26.3 Å². The van der Waals surface area contributed by atoms with Gasteiger partial charge >= 0.3 is 0 Å². The van der Waals surface area contributed by atoms with Crippen LogP contribution >= 0.6 is 27.5 Å². The third-order valence-corrected chi connectivity index (χ3v) is 4.43. The molecule has 6 heteroatoms. The Hall–Kier alpha value is -0.910. The number of benzene rings is 1. The van der Waals surface area contributed by atoms with Gasteiger partial charge < -0.3 is 5.32 Å². The number of aromatic nitrogens is 2. The summed E-state index contributed by atoms with van der Waals surface area (Å²) in [6.45, 7) is 4.61. The van der Waals surface area contributed by atoms with Crippen molar-refractivity contribution in [2.75, 3.05) is 6.54 Å². The van der Waals surface area contributed by atoms with E-state index in [4.69, 9.17) is 11.6 Å². The summed E-state index contributed by atoms with van der Waals surface area (Å²) in [5, 5.41) is 8.28. The molecule has 2 rings (SSSR count). The maximum Gasteiger partial charge on any atom is 0.128 e. The minimum absolute atomic E-state index is 0.153. The molecule has 1 N–H and O–H groups in total. The summed E-state index contributed by atoms with van der Waals surface area (Å²) in [4.78, 5) is 0. The Labute approximate surface area is 137 Å². The first-order valence-electron chi connectivity index (χ1n) is 6.80. The molecule has 0 spiro atoms. The second kappa shape index (κ2) is 6.90. The molecule has 0 radical (unpaired) electrons. The van der Waals surface area contributed by atoms with Gasteiger partial charge in [-0.1, -0.05) is 34.5 Å². The summed E-state index contributed by atoms with van der Waals surface area (Å²) in [6.07, 6.45) is 0.581. The molecule has 1 heterocycles. The van der Waals surface area contributed by atoms with E-state index < -0.39 is 0 Å². The van der Waals surface area contributed by atoms with Crippen LogP contribution in [0.5, 0.6) is 0 Å². The second-order valence-electron chi connectivity index (χ2n) is 4.95. The van der Waals surface area contributed by atoms with Crippen LogP contribution in [-0.4, -0.2) is 16.3 Å². The molecule has 1 unspecified atom stereocenters. The number of likely N-dealkylation sites (N-methyl/N-ethyl adjacent to an activating group) is 1. The Morgan fingerprint density at radius 3 is 2.76 bits per heavy atom. The quantitative estimate of drug-likeness (QED) is 0.851. The summed E-state index contributed by atoms with van der Waals surface area (Å²) < 4.78 is 16.8. The number of aryl methyl sites for hydroxylation is 2. The summed E-state index contributed by atoms with van der Waals surface area (Å²) >= 11 is 9.70. The molecule has 1 atom stereocenters. The Bertz CT molecular complexity index is 642. The van der Waals surface area contributed by atoms with Crippen LogP contribution in [0.1, 0.15) is 29.9 Å². The van der Waals surface area contributed by atoms with Crippen LogP contribution in [0.4, 0.5) is 4.39 Å². The van der Waals surface area contributed by atoms with Crippen molar-refractivity contribution < 1.29 is 4.39 Å². The Morgan fingerprint density at radius 2 is 2.19 bits per heavy atom. The van der Waals surface area contributed by atoms with E-state index in [1.54, 1.807) is 16.8 Å². The van der Waals surface area contributed by atoms with Gasteiger partial charge in [0.1, 0.15) is 5.82 Å². The van der Waals surface area contributed by atoms with Crippen molar-refractivity contribution in [2.45, 2.75) is 26.3 Å². The second-order valence-corrected chi connectivity index (χ2v) is 6.24. The highest BCUT2D eigenvalue weighted by molar-refractivity contribution is 9.10. The van der Waals surface area contributed by atoms with Crippen LogP contribution in [0.2, 0.25) is 5.02 Å². The molecule has 114 valence electrons. The van der Waals surface area contributed by atoms with E-state index in [0.717, 1.165) is 22.4 Å². The van der Waals surface area contributed by atoms with Crippen LogP contribution in [0.25, 0.3) is 0 Å². The molecular weight excluding hydrogens is 357 g/mol. The summed E-state index contributed by atoms with van der Waals surface area (Å²) in [6, 6.07) is 4.82. The highest BCUT2D eigenvalue weighted by atomic mass is 79.9. The van der Waals surface area contributed by atoms with Gasteiger partial charge in [-0.3, -0.25) is 4.68 Å². The molecule has 0 saturated carbocycles. The van der Waals surface area contributed by atoms with Crippen LogP contribution in [-0.2, 0) is 13.5 Å². The van der Waals surface area contributed by atoms with Crippen molar-refractivity contribution in [1.29, 1.82) is 0 Å². The normalized spacial score (nSPS) is 12.7. The predicted molar refractivity (Wildman–Crippen MR) is 87.2 cm³/mol. The highest BCUT2D eigenvalue weighted by Gasteiger charge is 2.20. The molecule has 0 fully saturated rings. The van der Waals surface area contributed by atoms with Gasteiger partial charge in [-0.2, -0.15) is 5.10 Å². The molecule has 2 aromatic rings. The average Bonchev–Trinajstić information content (AvgIpc) is 2.67. The highest BCUT2D eigenvalue weighted by Crippen LogP contribution is 2.28. The molecule has 0 aliphatic rings. The molecule has 0 aliphatic heterocycles. The van der Waals surface area contributed by atoms with Crippen molar-refractivity contribution in [3.63, 3.8) is 0 Å². The van der Waals surface area contributed by atoms with E-state index >= 15 is 0 Å². The number of rotatable bonds is 5. The first kappa shape index (κ1) is 16.5. The maximum atomic E-state index is 14.1. The lowest BCUT2D eigenvalue weighted by Gasteiger charge is -2.19. The fourth-order valence-corrected chi connectivity index (χ4v) is 3.03. The van der Waals surface area contributed by atoms with E-state index in [9.17, 15) is 4.39 Å². The number of nitrogens with zero attached hydrogens (tertiary/aromatic N) is 2. The van der Waals surface area contributed by atoms with E-state index in [1.807, 2.05) is 20.9 Å². The van der Waals surface area contributed by atoms with E-state index in [-0.39, 0.29) is 11.9 Å². The van der Waals surface area contributed by atoms with Gasteiger partial charge in [-0.05, 0) is 31.7 Å². The molecule has 0 saturated heterocycles. The first-order chi connectivity index (χ1) is 9.93. The maximum absolute atomic E-state index is 14.1. The smallest absolute Gasteiger partial charge is 0.128 e. The molecule has 21 heavy (non-hydrogen) atoms. The lowest BCUT2D eigenvalue weighted by molar-refractivity contribution is 0.496. The fourth-order valence-electron chi connectivity index (χ4n) is 2.42. The van der Waals surface area contributed by atoms with Crippen LogP contribution in [0.3, 0.4) is 0 Å². The third kappa shape index (κ3) is 3.65. The number of halogens is 3. The van der Waals surface area contributed by atoms with Gasteiger partial charge in [-0.15, -0.1) is 0 Å². The minimum atomic E-state index is -0.223. The Kier molecular flexibility index (Phi) is 5.41. The van der Waals surface area contributed by atoms with Crippen molar-refractivity contribution in [3.8, 4) is 0 Å². The largest absolute Gasteiger partial charge is 0.310 e. The summed E-state index contributed by atoms with van der Waals surface area (Å²) in [5.74, 6) is -0.223. The predicted octanol–water partition coefficient (Wildman–Crippen LogP) is 4.18. The standard InChI is InChI=1S/C15H18BrClFN3/c1-4-19-13(11-7-10(16)5-6-12(11)18)8-14-15(17)9(2)20-21(14)3/h5-7,13,19H,4,8H2,1-3H3. The molecule has 3 nitrogen and oxygen atoms in total. The van der Waals surface area contributed by atoms with Crippen LogP contribution < -0.4 is 5.32 Å². The van der Waals surface area contributed by atoms with Gasteiger partial charge in [-0.25, -0.2) is 4.39 Å². The number of nitrogens with one attached hydrogen (secondary N) is 1. The average molecular weight is 375 g/mol. The Morgan fingerprint density at radius 1 is 1.48 bits per heavy atom. The Balaban J connectivity index is 2.37. The van der Waals surface area contributed by atoms with Crippen LogP contribution in [0.15, 0.2) is 22.7 Å². The topological polar surface area (TPSA) is 29.9 Å².